The lowest BCUT2D eigenvalue weighted by molar-refractivity contribution is 0.0126. The number of piperazine rings is 1. The number of nitrogens with zero attached hydrogens (tertiary/aromatic N) is 2. The highest BCUT2D eigenvalue weighted by Crippen LogP contribution is 2.45. The maximum Gasteiger partial charge on any atom is 0.290 e. The summed E-state index contributed by atoms with van der Waals surface area (Å²) >= 11 is 0. The van der Waals surface area contributed by atoms with Gasteiger partial charge in [-0.05, 0) is 45.0 Å². The molecule has 3 aromatic rings. The maximum atomic E-state index is 13.3. The van der Waals surface area contributed by atoms with Crippen LogP contribution in [0.15, 0.2) is 46.9 Å². The standard InChI is InChI=1S/C25H28N2O4/c1-16-21-19(9-10-20-22(21)18(28)15-25(2,3)31-20)30-23(16)24(29)27-13-11-26(12-14-27)17-7-5-4-6-8-17/h4-10,18,28H,11-15H2,1-3H3/t18-/m0/s1. The molecule has 1 fully saturated rings. The number of aliphatic hydroxyl groups is 1. The van der Waals surface area contributed by atoms with Crippen molar-refractivity contribution in [3.05, 3.63) is 59.4 Å². The van der Waals surface area contributed by atoms with E-state index in [1.165, 1.54) is 5.69 Å². The van der Waals surface area contributed by atoms with Gasteiger partial charge in [0, 0.05) is 54.8 Å². The van der Waals surface area contributed by atoms with Crippen LogP contribution < -0.4 is 9.64 Å². The first-order valence-electron chi connectivity index (χ1n) is 10.9. The number of ether oxygens (including phenoxy) is 1. The van der Waals surface area contributed by atoms with Gasteiger partial charge in [-0.15, -0.1) is 0 Å². The molecule has 2 aliphatic rings. The van der Waals surface area contributed by atoms with Crippen LogP contribution in [0.5, 0.6) is 5.75 Å². The van der Waals surface area contributed by atoms with Crippen LogP contribution in [0.4, 0.5) is 5.69 Å². The number of aryl methyl sites for hydroxylation is 1. The van der Waals surface area contributed by atoms with Crippen LogP contribution in [0.2, 0.25) is 0 Å². The van der Waals surface area contributed by atoms with E-state index in [2.05, 4.69) is 17.0 Å². The second kappa shape index (κ2) is 7.31. The minimum absolute atomic E-state index is 0.0956. The second-order valence-electron chi connectivity index (χ2n) is 9.10. The monoisotopic (exact) mass is 420 g/mol. The average Bonchev–Trinajstić information content (AvgIpc) is 3.09. The Morgan fingerprint density at radius 3 is 2.48 bits per heavy atom. The Bertz CT molecular complexity index is 1130. The molecule has 5 rings (SSSR count). The summed E-state index contributed by atoms with van der Waals surface area (Å²) in [6.07, 6.45) is -0.162. The number of para-hydroxylation sites is 1. The predicted octanol–water partition coefficient (Wildman–Crippen LogP) is 4.30. The number of anilines is 1. The van der Waals surface area contributed by atoms with Crippen LogP contribution in [-0.2, 0) is 0 Å². The Morgan fingerprint density at radius 2 is 1.77 bits per heavy atom. The minimum Gasteiger partial charge on any atom is -0.487 e. The second-order valence-corrected chi connectivity index (χ2v) is 9.10. The van der Waals surface area contributed by atoms with Crippen LogP contribution in [0.1, 0.15) is 48.1 Å². The Morgan fingerprint density at radius 1 is 1.06 bits per heavy atom. The van der Waals surface area contributed by atoms with Gasteiger partial charge in [-0.25, -0.2) is 0 Å². The van der Waals surface area contributed by atoms with Gasteiger partial charge in [0.2, 0.25) is 0 Å². The average molecular weight is 421 g/mol. The molecule has 0 unspecified atom stereocenters. The summed E-state index contributed by atoms with van der Waals surface area (Å²) in [5.74, 6) is 0.922. The van der Waals surface area contributed by atoms with E-state index >= 15 is 0 Å². The molecule has 1 amide bonds. The zero-order valence-corrected chi connectivity index (χ0v) is 18.2. The van der Waals surface area contributed by atoms with E-state index in [4.69, 9.17) is 9.15 Å². The highest BCUT2D eigenvalue weighted by Gasteiger charge is 2.36. The van der Waals surface area contributed by atoms with Gasteiger partial charge < -0.3 is 24.1 Å². The molecule has 1 saturated heterocycles. The number of carbonyl (C=O) groups is 1. The molecule has 1 atom stereocenters. The molecule has 31 heavy (non-hydrogen) atoms. The van der Waals surface area contributed by atoms with Gasteiger partial charge >= 0.3 is 0 Å². The van der Waals surface area contributed by atoms with Crippen LogP contribution in [0.3, 0.4) is 0 Å². The van der Waals surface area contributed by atoms with E-state index in [-0.39, 0.29) is 5.91 Å². The molecule has 0 radical (unpaired) electrons. The highest BCUT2D eigenvalue weighted by atomic mass is 16.5. The third kappa shape index (κ3) is 3.45. The number of hydrogen-bond acceptors (Lipinski definition) is 5. The first kappa shape index (κ1) is 19.9. The fraction of sp³-hybridized carbons (Fsp3) is 0.400. The minimum atomic E-state index is -0.656. The van der Waals surface area contributed by atoms with Gasteiger partial charge in [-0.1, -0.05) is 18.2 Å². The molecule has 6 heteroatoms. The fourth-order valence-corrected chi connectivity index (χ4v) is 4.83. The third-order valence-corrected chi connectivity index (χ3v) is 6.38. The van der Waals surface area contributed by atoms with E-state index in [1.54, 1.807) is 0 Å². The molecule has 0 saturated carbocycles. The summed E-state index contributed by atoms with van der Waals surface area (Å²) in [5, 5.41) is 11.6. The molecular formula is C25H28N2O4. The zero-order valence-electron chi connectivity index (χ0n) is 18.2. The summed E-state index contributed by atoms with van der Waals surface area (Å²) in [6.45, 7) is 8.68. The normalized spacial score (nSPS) is 20.5. The molecule has 3 heterocycles. The van der Waals surface area contributed by atoms with Crippen molar-refractivity contribution in [1.82, 2.24) is 4.90 Å². The number of aliphatic hydroxyl groups excluding tert-OH is 1. The number of amides is 1. The van der Waals surface area contributed by atoms with Crippen LogP contribution in [0, 0.1) is 6.92 Å². The first-order valence-corrected chi connectivity index (χ1v) is 10.9. The smallest absolute Gasteiger partial charge is 0.290 e. The molecule has 0 spiro atoms. The zero-order chi connectivity index (χ0) is 21.8. The van der Waals surface area contributed by atoms with Gasteiger partial charge in [-0.2, -0.15) is 0 Å². The molecule has 2 aromatic carbocycles. The topological polar surface area (TPSA) is 66.2 Å². The number of fused-ring (bicyclic) bond motifs is 3. The van der Waals surface area contributed by atoms with Crippen molar-refractivity contribution in [2.24, 2.45) is 0 Å². The SMILES string of the molecule is Cc1c(C(=O)N2CCN(c3ccccc3)CC2)oc2ccc3c(c12)[C@@H](O)CC(C)(C)O3. The summed E-state index contributed by atoms with van der Waals surface area (Å²) in [5.41, 5.74) is 2.85. The highest BCUT2D eigenvalue weighted by molar-refractivity contribution is 6.00. The molecular weight excluding hydrogens is 392 g/mol. The van der Waals surface area contributed by atoms with Crippen molar-refractivity contribution >= 4 is 22.6 Å². The number of benzene rings is 2. The van der Waals surface area contributed by atoms with E-state index in [1.807, 2.05) is 56.0 Å². The van der Waals surface area contributed by atoms with Crippen molar-refractivity contribution in [3.63, 3.8) is 0 Å². The fourth-order valence-electron chi connectivity index (χ4n) is 4.83. The van der Waals surface area contributed by atoms with Crippen molar-refractivity contribution in [3.8, 4) is 5.75 Å². The Labute approximate surface area is 182 Å². The van der Waals surface area contributed by atoms with Crippen LogP contribution >= 0.6 is 0 Å². The summed E-state index contributed by atoms with van der Waals surface area (Å²) in [4.78, 5) is 17.5. The van der Waals surface area contributed by atoms with Gasteiger partial charge in [0.05, 0.1) is 6.10 Å². The van der Waals surface area contributed by atoms with Gasteiger partial charge in [0.25, 0.3) is 5.91 Å². The first-order chi connectivity index (χ1) is 14.8. The molecule has 2 aliphatic heterocycles. The van der Waals surface area contributed by atoms with E-state index < -0.39 is 11.7 Å². The lowest BCUT2D eigenvalue weighted by Crippen LogP contribution is -2.48. The quantitative estimate of drug-likeness (QED) is 0.670. The van der Waals surface area contributed by atoms with Gasteiger partial charge in [0.1, 0.15) is 16.9 Å². The lowest BCUT2D eigenvalue weighted by atomic mass is 9.89. The third-order valence-electron chi connectivity index (χ3n) is 6.38. The van der Waals surface area contributed by atoms with E-state index in [9.17, 15) is 9.90 Å². The van der Waals surface area contributed by atoms with E-state index in [0.29, 0.717) is 36.6 Å². The number of hydrogen-bond donors (Lipinski definition) is 1. The molecule has 162 valence electrons. The molecule has 6 nitrogen and oxygen atoms in total. The number of carbonyl (C=O) groups excluding carboxylic acids is 1. The van der Waals surface area contributed by atoms with Crippen molar-refractivity contribution in [2.45, 2.75) is 38.9 Å². The molecule has 1 aromatic heterocycles. The van der Waals surface area contributed by atoms with Crippen LogP contribution in [0.25, 0.3) is 11.0 Å². The predicted molar refractivity (Wildman–Crippen MR) is 120 cm³/mol. The number of furan rings is 1. The Balaban J connectivity index is 1.42. The Hall–Kier alpha value is -2.99. The summed E-state index contributed by atoms with van der Waals surface area (Å²) in [6, 6.07) is 13.9. The summed E-state index contributed by atoms with van der Waals surface area (Å²) < 4.78 is 12.1. The maximum absolute atomic E-state index is 13.3. The van der Waals surface area contributed by atoms with Crippen molar-refractivity contribution in [2.75, 3.05) is 31.1 Å². The molecule has 1 N–H and O–H groups in total. The lowest BCUT2D eigenvalue weighted by Gasteiger charge is -2.36. The van der Waals surface area contributed by atoms with Crippen LogP contribution in [-0.4, -0.2) is 47.7 Å². The van der Waals surface area contributed by atoms with Gasteiger partial charge in [-0.3, -0.25) is 4.79 Å². The van der Waals surface area contributed by atoms with Crippen molar-refractivity contribution < 1.29 is 19.1 Å². The number of rotatable bonds is 2. The summed E-state index contributed by atoms with van der Waals surface area (Å²) in [7, 11) is 0. The molecule has 0 bridgehead atoms. The van der Waals surface area contributed by atoms with E-state index in [0.717, 1.165) is 29.6 Å². The van der Waals surface area contributed by atoms with Gasteiger partial charge in [0.15, 0.2) is 5.76 Å². The largest absolute Gasteiger partial charge is 0.487 e. The Kier molecular flexibility index (Phi) is 4.70. The molecule has 0 aliphatic carbocycles. The van der Waals surface area contributed by atoms with Crippen molar-refractivity contribution in [1.29, 1.82) is 0 Å².